The predicted octanol–water partition coefficient (Wildman–Crippen LogP) is 4.54. The van der Waals surface area contributed by atoms with Gasteiger partial charge in [-0.2, -0.15) is 0 Å². The van der Waals surface area contributed by atoms with Crippen molar-refractivity contribution in [2.24, 2.45) is 0 Å². The van der Waals surface area contributed by atoms with Crippen LogP contribution in [0.25, 0.3) is 33.1 Å². The highest BCUT2D eigenvalue weighted by Crippen LogP contribution is 2.37. The van der Waals surface area contributed by atoms with Gasteiger partial charge in [-0.1, -0.05) is 36.4 Å². The van der Waals surface area contributed by atoms with Gasteiger partial charge in [0, 0.05) is 28.1 Å². The smallest absolute Gasteiger partial charge is 0.143 e. The third kappa shape index (κ3) is 1.82. The van der Waals surface area contributed by atoms with E-state index in [0.717, 1.165) is 33.1 Å². The van der Waals surface area contributed by atoms with Crippen molar-refractivity contribution >= 4 is 27.6 Å². The number of hydrogen-bond donors (Lipinski definition) is 2. The van der Waals surface area contributed by atoms with Gasteiger partial charge in [0.2, 0.25) is 0 Å². The maximum atomic E-state index is 9.76. The fourth-order valence-electron chi connectivity index (χ4n) is 2.76. The van der Waals surface area contributed by atoms with Gasteiger partial charge in [0.05, 0.1) is 0 Å². The molecule has 0 amide bonds. The quantitative estimate of drug-likeness (QED) is 0.501. The van der Waals surface area contributed by atoms with Gasteiger partial charge in [-0.15, -0.1) is 0 Å². The van der Waals surface area contributed by atoms with Crippen molar-refractivity contribution < 1.29 is 9.52 Å². The van der Waals surface area contributed by atoms with Crippen LogP contribution in [0.15, 0.2) is 65.1 Å². The molecular formula is C18H13NO2. The third-order valence-corrected chi connectivity index (χ3v) is 3.66. The molecule has 0 saturated heterocycles. The topological polar surface area (TPSA) is 59.4 Å². The normalized spacial score (nSPS) is 11.2. The molecule has 0 bridgehead atoms. The third-order valence-electron chi connectivity index (χ3n) is 3.66. The number of fused-ring (bicyclic) bond motifs is 3. The van der Waals surface area contributed by atoms with Crippen LogP contribution in [0.1, 0.15) is 0 Å². The summed E-state index contributed by atoms with van der Waals surface area (Å²) in [5, 5.41) is 11.9. The van der Waals surface area contributed by atoms with Crippen LogP contribution < -0.4 is 5.73 Å². The van der Waals surface area contributed by atoms with Crippen molar-refractivity contribution in [3.05, 3.63) is 60.7 Å². The Bertz CT molecular complexity index is 949. The van der Waals surface area contributed by atoms with Crippen LogP contribution in [-0.4, -0.2) is 5.11 Å². The molecule has 21 heavy (non-hydrogen) atoms. The largest absolute Gasteiger partial charge is 0.508 e. The summed E-state index contributed by atoms with van der Waals surface area (Å²) in [6, 6.07) is 19.0. The second-order valence-corrected chi connectivity index (χ2v) is 5.09. The lowest BCUT2D eigenvalue weighted by Crippen LogP contribution is -1.86. The monoisotopic (exact) mass is 275 g/mol. The Morgan fingerprint density at radius 3 is 2.52 bits per heavy atom. The Morgan fingerprint density at radius 1 is 0.857 bits per heavy atom. The number of hydrogen-bond acceptors (Lipinski definition) is 3. The van der Waals surface area contributed by atoms with Crippen LogP contribution in [0.5, 0.6) is 5.75 Å². The highest BCUT2D eigenvalue weighted by atomic mass is 16.3. The van der Waals surface area contributed by atoms with Crippen LogP contribution in [0.3, 0.4) is 0 Å². The van der Waals surface area contributed by atoms with Gasteiger partial charge in [0.15, 0.2) is 0 Å². The number of aromatic hydroxyl groups is 1. The number of phenolic OH excluding ortho intramolecular Hbond substituents is 1. The number of nitrogens with two attached hydrogens (primary N) is 1. The molecule has 3 heteroatoms. The molecule has 0 aliphatic heterocycles. The van der Waals surface area contributed by atoms with Gasteiger partial charge >= 0.3 is 0 Å². The summed E-state index contributed by atoms with van der Waals surface area (Å²) in [7, 11) is 0. The fourth-order valence-corrected chi connectivity index (χ4v) is 2.76. The van der Waals surface area contributed by atoms with Crippen LogP contribution in [-0.2, 0) is 0 Å². The number of nitrogen functional groups attached to an aromatic ring is 1. The van der Waals surface area contributed by atoms with E-state index in [1.54, 1.807) is 6.07 Å². The Balaban J connectivity index is 2.09. The summed E-state index contributed by atoms with van der Waals surface area (Å²) in [5.74, 6) is 0.151. The molecule has 1 heterocycles. The lowest BCUT2D eigenvalue weighted by atomic mass is 10.0. The van der Waals surface area contributed by atoms with E-state index < -0.39 is 0 Å². The number of benzene rings is 3. The van der Waals surface area contributed by atoms with Crippen molar-refractivity contribution in [2.45, 2.75) is 0 Å². The number of rotatable bonds is 1. The van der Waals surface area contributed by atoms with E-state index in [9.17, 15) is 5.11 Å². The van der Waals surface area contributed by atoms with Crippen LogP contribution >= 0.6 is 0 Å². The first-order chi connectivity index (χ1) is 10.2. The summed E-state index contributed by atoms with van der Waals surface area (Å²) in [6.07, 6.45) is 0. The minimum absolute atomic E-state index is 0.151. The number of furan rings is 1. The van der Waals surface area contributed by atoms with Crippen molar-refractivity contribution in [3.63, 3.8) is 0 Å². The second-order valence-electron chi connectivity index (χ2n) is 5.09. The maximum absolute atomic E-state index is 9.76. The molecule has 4 rings (SSSR count). The molecule has 0 aliphatic rings. The van der Waals surface area contributed by atoms with Crippen LogP contribution in [0.4, 0.5) is 5.69 Å². The molecule has 0 aliphatic carbocycles. The number of phenols is 1. The summed E-state index contributed by atoms with van der Waals surface area (Å²) in [4.78, 5) is 0. The summed E-state index contributed by atoms with van der Waals surface area (Å²) < 4.78 is 6.00. The zero-order chi connectivity index (χ0) is 14.4. The molecule has 0 radical (unpaired) electrons. The Labute approximate surface area is 121 Å². The standard InChI is InChI=1S/C18H13NO2/c19-12-8-11(9-13(20)10-12)14-5-3-6-16-15-4-1-2-7-17(15)21-18(14)16/h1-10,20H,19H2. The molecule has 4 aromatic rings. The van der Waals surface area contributed by atoms with E-state index in [-0.39, 0.29) is 5.75 Å². The van der Waals surface area contributed by atoms with Crippen molar-refractivity contribution in [2.75, 3.05) is 5.73 Å². The van der Waals surface area contributed by atoms with Crippen LogP contribution in [0.2, 0.25) is 0 Å². The second kappa shape index (κ2) is 4.28. The molecule has 3 N–H and O–H groups in total. The molecule has 1 aromatic heterocycles. The zero-order valence-electron chi connectivity index (χ0n) is 11.2. The minimum Gasteiger partial charge on any atom is -0.508 e. The highest BCUT2D eigenvalue weighted by molar-refractivity contribution is 6.09. The first-order valence-corrected chi connectivity index (χ1v) is 6.72. The van der Waals surface area contributed by atoms with E-state index in [1.807, 2.05) is 48.5 Å². The lowest BCUT2D eigenvalue weighted by molar-refractivity contribution is 0.476. The zero-order valence-corrected chi connectivity index (χ0v) is 11.2. The van der Waals surface area contributed by atoms with Crippen molar-refractivity contribution in [1.29, 1.82) is 0 Å². The summed E-state index contributed by atoms with van der Waals surface area (Å²) >= 11 is 0. The summed E-state index contributed by atoms with van der Waals surface area (Å²) in [6.45, 7) is 0. The number of para-hydroxylation sites is 2. The molecular weight excluding hydrogens is 262 g/mol. The minimum atomic E-state index is 0.151. The van der Waals surface area contributed by atoms with Crippen LogP contribution in [0, 0.1) is 0 Å². The van der Waals surface area contributed by atoms with E-state index in [0.29, 0.717) is 5.69 Å². The highest BCUT2D eigenvalue weighted by Gasteiger charge is 2.12. The molecule has 102 valence electrons. The van der Waals surface area contributed by atoms with Gasteiger partial charge in [0.25, 0.3) is 0 Å². The Kier molecular flexibility index (Phi) is 2.42. The SMILES string of the molecule is Nc1cc(O)cc(-c2cccc3c2oc2ccccc23)c1. The molecule has 0 unspecified atom stereocenters. The first kappa shape index (κ1) is 11.9. The van der Waals surface area contributed by atoms with Gasteiger partial charge in [-0.05, 0) is 23.8 Å². The van der Waals surface area contributed by atoms with Gasteiger partial charge in [0.1, 0.15) is 16.9 Å². The molecule has 0 fully saturated rings. The number of anilines is 1. The summed E-state index contributed by atoms with van der Waals surface area (Å²) in [5.41, 5.74) is 9.78. The van der Waals surface area contributed by atoms with Crippen molar-refractivity contribution in [1.82, 2.24) is 0 Å². The van der Waals surface area contributed by atoms with E-state index in [2.05, 4.69) is 0 Å². The molecule has 3 nitrogen and oxygen atoms in total. The maximum Gasteiger partial charge on any atom is 0.143 e. The Hall–Kier alpha value is -2.94. The van der Waals surface area contributed by atoms with Gasteiger partial charge < -0.3 is 15.3 Å². The fraction of sp³-hybridized carbons (Fsp3) is 0. The average Bonchev–Trinajstić information content (AvgIpc) is 2.84. The van der Waals surface area contributed by atoms with E-state index in [1.165, 1.54) is 6.07 Å². The average molecular weight is 275 g/mol. The molecule has 0 atom stereocenters. The van der Waals surface area contributed by atoms with Crippen molar-refractivity contribution in [3.8, 4) is 16.9 Å². The lowest BCUT2D eigenvalue weighted by Gasteiger charge is -2.05. The molecule has 0 saturated carbocycles. The molecule has 0 spiro atoms. The van der Waals surface area contributed by atoms with Gasteiger partial charge in [-0.3, -0.25) is 0 Å². The first-order valence-electron chi connectivity index (χ1n) is 6.72. The van der Waals surface area contributed by atoms with E-state index in [4.69, 9.17) is 10.2 Å². The Morgan fingerprint density at radius 2 is 1.67 bits per heavy atom. The van der Waals surface area contributed by atoms with E-state index >= 15 is 0 Å². The molecule has 3 aromatic carbocycles. The van der Waals surface area contributed by atoms with Gasteiger partial charge in [-0.25, -0.2) is 0 Å². The predicted molar refractivity (Wildman–Crippen MR) is 85.2 cm³/mol.